The molecule has 0 radical (unpaired) electrons. The molecule has 1 aromatic rings. The molecule has 0 saturated heterocycles. The van der Waals surface area contributed by atoms with Gasteiger partial charge in [0, 0.05) is 25.7 Å². The molecule has 0 aliphatic heterocycles. The van der Waals surface area contributed by atoms with Crippen LogP contribution in [0.2, 0.25) is 0 Å². The normalized spacial score (nSPS) is 11.5. The van der Waals surface area contributed by atoms with Gasteiger partial charge in [-0.15, -0.1) is 0 Å². The van der Waals surface area contributed by atoms with Crippen LogP contribution in [-0.4, -0.2) is 37.6 Å². The number of likely N-dealkylation sites (N-methyl/N-ethyl adjacent to an activating group) is 1. The minimum absolute atomic E-state index is 0.443. The zero-order chi connectivity index (χ0) is 13.5. The van der Waals surface area contributed by atoms with Gasteiger partial charge in [0.25, 0.3) is 0 Å². The topological polar surface area (TPSA) is 15.3 Å². The molecule has 18 heavy (non-hydrogen) atoms. The van der Waals surface area contributed by atoms with Crippen LogP contribution in [0.1, 0.15) is 19.4 Å². The number of halogens is 2. The molecule has 1 N–H and O–H groups in total. The lowest BCUT2D eigenvalue weighted by atomic mass is 10.1. The Morgan fingerprint density at radius 3 is 2.61 bits per heavy atom. The summed E-state index contributed by atoms with van der Waals surface area (Å²) in [5.41, 5.74) is 0.443. The van der Waals surface area contributed by atoms with E-state index in [4.69, 9.17) is 0 Å². The van der Waals surface area contributed by atoms with E-state index in [1.54, 1.807) is 12.1 Å². The summed E-state index contributed by atoms with van der Waals surface area (Å²) >= 11 is 0. The van der Waals surface area contributed by atoms with E-state index in [0.29, 0.717) is 18.0 Å². The molecule has 0 aliphatic carbocycles. The van der Waals surface area contributed by atoms with E-state index in [9.17, 15) is 8.78 Å². The van der Waals surface area contributed by atoms with Gasteiger partial charge in [-0.3, -0.25) is 0 Å². The van der Waals surface area contributed by atoms with Crippen LogP contribution in [0.3, 0.4) is 0 Å². The van der Waals surface area contributed by atoms with Gasteiger partial charge < -0.3 is 10.2 Å². The molecule has 0 aromatic heterocycles. The van der Waals surface area contributed by atoms with E-state index in [2.05, 4.69) is 24.1 Å². The standard InChI is InChI=1S/C14H22F2N2/c1-11(2)17-8-10-18(3)9-7-12-5-4-6-13(15)14(12)16/h4-6,11,17H,7-10H2,1-3H3. The Morgan fingerprint density at radius 2 is 1.94 bits per heavy atom. The van der Waals surface area contributed by atoms with Crippen molar-refractivity contribution in [2.45, 2.75) is 26.3 Å². The van der Waals surface area contributed by atoms with Gasteiger partial charge in [0.2, 0.25) is 0 Å². The number of hydrogen-bond acceptors (Lipinski definition) is 2. The number of nitrogens with one attached hydrogen (secondary N) is 1. The van der Waals surface area contributed by atoms with E-state index in [1.165, 1.54) is 0 Å². The van der Waals surface area contributed by atoms with Gasteiger partial charge >= 0.3 is 0 Å². The molecule has 0 bridgehead atoms. The van der Waals surface area contributed by atoms with Crippen molar-refractivity contribution in [3.63, 3.8) is 0 Å². The first kappa shape index (κ1) is 15.1. The first-order valence-electron chi connectivity index (χ1n) is 6.35. The Hall–Kier alpha value is -1.00. The second-order valence-electron chi connectivity index (χ2n) is 4.88. The van der Waals surface area contributed by atoms with E-state index in [-0.39, 0.29) is 0 Å². The molecule has 2 nitrogen and oxygen atoms in total. The second kappa shape index (κ2) is 7.44. The van der Waals surface area contributed by atoms with Gasteiger partial charge in [0.1, 0.15) is 0 Å². The van der Waals surface area contributed by atoms with Crippen molar-refractivity contribution in [1.82, 2.24) is 10.2 Å². The van der Waals surface area contributed by atoms with Crippen LogP contribution in [0.15, 0.2) is 18.2 Å². The number of benzene rings is 1. The third-order valence-electron chi connectivity index (χ3n) is 2.84. The summed E-state index contributed by atoms with van der Waals surface area (Å²) in [6.07, 6.45) is 0.530. The van der Waals surface area contributed by atoms with Crippen LogP contribution in [0.25, 0.3) is 0 Å². The van der Waals surface area contributed by atoms with Crippen molar-refractivity contribution < 1.29 is 8.78 Å². The molecule has 0 heterocycles. The number of nitrogens with zero attached hydrogens (tertiary/aromatic N) is 1. The monoisotopic (exact) mass is 256 g/mol. The molecule has 1 aromatic carbocycles. The Labute approximate surface area is 108 Å². The van der Waals surface area contributed by atoms with Crippen molar-refractivity contribution in [3.8, 4) is 0 Å². The van der Waals surface area contributed by atoms with E-state index in [1.807, 2.05) is 7.05 Å². The maximum absolute atomic E-state index is 13.4. The summed E-state index contributed by atoms with van der Waals surface area (Å²) in [6, 6.07) is 4.81. The summed E-state index contributed by atoms with van der Waals surface area (Å²) in [4.78, 5) is 2.11. The lowest BCUT2D eigenvalue weighted by molar-refractivity contribution is 0.328. The molecule has 0 unspecified atom stereocenters. The van der Waals surface area contributed by atoms with Crippen molar-refractivity contribution >= 4 is 0 Å². The Balaban J connectivity index is 2.33. The van der Waals surface area contributed by atoms with E-state index < -0.39 is 11.6 Å². The Bertz CT molecular complexity index is 367. The van der Waals surface area contributed by atoms with Crippen molar-refractivity contribution in [3.05, 3.63) is 35.4 Å². The summed E-state index contributed by atoms with van der Waals surface area (Å²) in [5.74, 6) is -1.48. The smallest absolute Gasteiger partial charge is 0.162 e. The van der Waals surface area contributed by atoms with Gasteiger partial charge in [0.05, 0.1) is 0 Å². The van der Waals surface area contributed by atoms with Gasteiger partial charge in [-0.05, 0) is 25.1 Å². The minimum Gasteiger partial charge on any atom is -0.313 e. The molecule has 0 fully saturated rings. The Morgan fingerprint density at radius 1 is 1.22 bits per heavy atom. The molecular formula is C14H22F2N2. The highest BCUT2D eigenvalue weighted by molar-refractivity contribution is 5.19. The number of hydrogen-bond donors (Lipinski definition) is 1. The largest absolute Gasteiger partial charge is 0.313 e. The molecule has 0 atom stereocenters. The molecule has 102 valence electrons. The zero-order valence-corrected chi connectivity index (χ0v) is 11.3. The molecule has 1 rings (SSSR count). The zero-order valence-electron chi connectivity index (χ0n) is 11.3. The SMILES string of the molecule is CC(C)NCCN(C)CCc1cccc(F)c1F. The summed E-state index contributed by atoms with van der Waals surface area (Å²) in [5, 5.41) is 3.32. The van der Waals surface area contributed by atoms with Gasteiger partial charge in [-0.25, -0.2) is 8.78 Å². The van der Waals surface area contributed by atoms with Crippen LogP contribution >= 0.6 is 0 Å². The Kier molecular flexibility index (Phi) is 6.22. The van der Waals surface area contributed by atoms with Crippen LogP contribution in [0.5, 0.6) is 0 Å². The lowest BCUT2D eigenvalue weighted by Gasteiger charge is -2.18. The quantitative estimate of drug-likeness (QED) is 0.806. The first-order chi connectivity index (χ1) is 8.50. The fourth-order valence-corrected chi connectivity index (χ4v) is 1.71. The average Bonchev–Trinajstić information content (AvgIpc) is 2.30. The maximum atomic E-state index is 13.4. The lowest BCUT2D eigenvalue weighted by Crippen LogP contribution is -2.33. The number of rotatable bonds is 7. The van der Waals surface area contributed by atoms with Gasteiger partial charge in [-0.1, -0.05) is 26.0 Å². The molecule has 0 aliphatic rings. The molecular weight excluding hydrogens is 234 g/mol. The maximum Gasteiger partial charge on any atom is 0.162 e. The predicted octanol–water partition coefficient (Wildman–Crippen LogP) is 2.44. The third kappa shape index (κ3) is 5.10. The van der Waals surface area contributed by atoms with Gasteiger partial charge in [0.15, 0.2) is 11.6 Å². The average molecular weight is 256 g/mol. The van der Waals surface area contributed by atoms with Crippen LogP contribution < -0.4 is 5.32 Å². The molecule has 4 heteroatoms. The van der Waals surface area contributed by atoms with E-state index in [0.717, 1.165) is 25.7 Å². The van der Waals surface area contributed by atoms with Crippen LogP contribution in [0.4, 0.5) is 8.78 Å². The van der Waals surface area contributed by atoms with Crippen molar-refractivity contribution in [1.29, 1.82) is 0 Å². The minimum atomic E-state index is -0.767. The highest BCUT2D eigenvalue weighted by Crippen LogP contribution is 2.11. The molecule has 0 saturated carbocycles. The molecule has 0 amide bonds. The fraction of sp³-hybridized carbons (Fsp3) is 0.571. The van der Waals surface area contributed by atoms with Crippen LogP contribution in [0, 0.1) is 11.6 Å². The fourth-order valence-electron chi connectivity index (χ4n) is 1.71. The predicted molar refractivity (Wildman–Crippen MR) is 70.7 cm³/mol. The van der Waals surface area contributed by atoms with E-state index >= 15 is 0 Å². The highest BCUT2D eigenvalue weighted by Gasteiger charge is 2.08. The first-order valence-corrected chi connectivity index (χ1v) is 6.35. The summed E-state index contributed by atoms with van der Waals surface area (Å²) in [7, 11) is 1.99. The van der Waals surface area contributed by atoms with Crippen molar-refractivity contribution in [2.24, 2.45) is 0 Å². The van der Waals surface area contributed by atoms with Crippen LogP contribution in [-0.2, 0) is 6.42 Å². The molecule has 0 spiro atoms. The second-order valence-corrected chi connectivity index (χ2v) is 4.88. The van der Waals surface area contributed by atoms with Crippen molar-refractivity contribution in [2.75, 3.05) is 26.7 Å². The van der Waals surface area contributed by atoms with Gasteiger partial charge in [-0.2, -0.15) is 0 Å². The highest BCUT2D eigenvalue weighted by atomic mass is 19.2. The third-order valence-corrected chi connectivity index (χ3v) is 2.84. The summed E-state index contributed by atoms with van der Waals surface area (Å²) < 4.78 is 26.4. The summed E-state index contributed by atoms with van der Waals surface area (Å²) in [6.45, 7) is 6.72.